The second kappa shape index (κ2) is 7.29. The molecule has 1 aliphatic heterocycles. The van der Waals surface area contributed by atoms with Crippen LogP contribution in [0.4, 0.5) is 4.39 Å². The van der Waals surface area contributed by atoms with Gasteiger partial charge >= 0.3 is 0 Å². The molecule has 0 radical (unpaired) electrons. The largest absolute Gasteiger partial charge is 0.591 e. The Morgan fingerprint density at radius 2 is 2.21 bits per heavy atom. The Kier molecular flexibility index (Phi) is 5.58. The summed E-state index contributed by atoms with van der Waals surface area (Å²) in [6.07, 6.45) is -0.474. The molecule has 1 heterocycles. The molecule has 0 bridgehead atoms. The van der Waals surface area contributed by atoms with Gasteiger partial charge in [0.15, 0.2) is 11.5 Å². The van der Waals surface area contributed by atoms with Crippen LogP contribution in [-0.4, -0.2) is 34.3 Å². The zero-order chi connectivity index (χ0) is 17.9. The summed E-state index contributed by atoms with van der Waals surface area (Å²) < 4.78 is 41.0. The maximum atomic E-state index is 13.9. The van der Waals surface area contributed by atoms with E-state index in [1.54, 1.807) is 27.7 Å². The second-order valence-corrected chi connectivity index (χ2v) is 8.19. The lowest BCUT2D eigenvalue weighted by atomic mass is 10.1. The van der Waals surface area contributed by atoms with E-state index in [1.165, 1.54) is 12.1 Å². The van der Waals surface area contributed by atoms with Gasteiger partial charge in [0, 0.05) is 16.5 Å². The number of azide groups is 1. The minimum Gasteiger partial charge on any atom is -0.591 e. The van der Waals surface area contributed by atoms with Gasteiger partial charge in [0.05, 0.1) is 12.3 Å². The molecule has 0 amide bonds. The monoisotopic (exact) mass is 354 g/mol. The van der Waals surface area contributed by atoms with Crippen molar-refractivity contribution in [2.45, 2.75) is 38.5 Å². The molecule has 7 nitrogen and oxygen atoms in total. The Hall–Kier alpha value is -1.96. The molecular formula is C15H19FN4O3S. The molecule has 1 unspecified atom stereocenters. The number of rotatable bonds is 4. The third kappa shape index (κ3) is 4.31. The van der Waals surface area contributed by atoms with Crippen molar-refractivity contribution in [3.8, 4) is 11.5 Å². The fourth-order valence-electron chi connectivity index (χ4n) is 1.98. The van der Waals surface area contributed by atoms with E-state index >= 15 is 0 Å². The van der Waals surface area contributed by atoms with Gasteiger partial charge in [-0.15, -0.1) is 0 Å². The van der Waals surface area contributed by atoms with Crippen molar-refractivity contribution in [2.24, 2.45) is 9.51 Å². The molecule has 1 aromatic rings. The number of nitrogens with zero attached hydrogens (tertiary/aromatic N) is 4. The van der Waals surface area contributed by atoms with Gasteiger partial charge in [0.25, 0.3) is 0 Å². The van der Waals surface area contributed by atoms with E-state index in [1.807, 2.05) is 0 Å². The first-order chi connectivity index (χ1) is 11.2. The summed E-state index contributed by atoms with van der Waals surface area (Å²) in [6, 6.07) is 2.48. The Balaban J connectivity index is 2.39. The molecule has 0 saturated carbocycles. The van der Waals surface area contributed by atoms with Crippen LogP contribution in [0.15, 0.2) is 21.6 Å². The van der Waals surface area contributed by atoms with Gasteiger partial charge in [-0.1, -0.05) is 9.51 Å². The summed E-state index contributed by atoms with van der Waals surface area (Å²) in [4.78, 5) is 2.69. The highest BCUT2D eigenvalue weighted by atomic mass is 32.2. The van der Waals surface area contributed by atoms with Crippen LogP contribution < -0.4 is 9.47 Å². The summed E-state index contributed by atoms with van der Waals surface area (Å²) in [5, 5.41) is 3.46. The first kappa shape index (κ1) is 18.4. The van der Waals surface area contributed by atoms with Crippen LogP contribution in [0.3, 0.4) is 0 Å². The predicted octanol–water partition coefficient (Wildman–Crippen LogP) is 3.55. The lowest BCUT2D eigenvalue weighted by molar-refractivity contribution is 0.0961. The van der Waals surface area contributed by atoms with Crippen molar-refractivity contribution in [1.82, 2.24) is 0 Å². The highest BCUT2D eigenvalue weighted by Gasteiger charge is 2.29. The van der Waals surface area contributed by atoms with Crippen molar-refractivity contribution in [2.75, 3.05) is 13.2 Å². The molecule has 2 rings (SSSR count). The van der Waals surface area contributed by atoms with Gasteiger partial charge in [0.2, 0.25) is 0 Å². The predicted molar refractivity (Wildman–Crippen MR) is 90.4 cm³/mol. The second-order valence-electron chi connectivity index (χ2n) is 6.28. The highest BCUT2D eigenvalue weighted by molar-refractivity contribution is 7.91. The summed E-state index contributed by atoms with van der Waals surface area (Å²) in [5.74, 6) is 0.0585. The number of fused-ring (bicyclic) bond motifs is 1. The molecule has 0 N–H and O–H groups in total. The molecule has 0 aliphatic carbocycles. The lowest BCUT2D eigenvalue weighted by Crippen LogP contribution is -2.32. The summed E-state index contributed by atoms with van der Waals surface area (Å²) in [7, 11) is 0. The normalized spacial score (nSPS) is 18.8. The van der Waals surface area contributed by atoms with E-state index in [-0.39, 0.29) is 18.9 Å². The van der Waals surface area contributed by atoms with Crippen LogP contribution in [0.25, 0.3) is 10.4 Å². The number of hydrogen-bond donors (Lipinski definition) is 0. The van der Waals surface area contributed by atoms with E-state index < -0.39 is 28.0 Å². The van der Waals surface area contributed by atoms with Crippen LogP contribution in [0.5, 0.6) is 11.5 Å². The molecule has 1 aliphatic rings. The van der Waals surface area contributed by atoms with Crippen molar-refractivity contribution in [3.63, 3.8) is 0 Å². The van der Waals surface area contributed by atoms with Crippen molar-refractivity contribution in [3.05, 3.63) is 34.0 Å². The van der Waals surface area contributed by atoms with Crippen LogP contribution >= 0.6 is 0 Å². The van der Waals surface area contributed by atoms with E-state index in [0.717, 1.165) is 0 Å². The minimum absolute atomic E-state index is 0.0941. The fraction of sp³-hybridized carbons (Fsp3) is 0.533. The summed E-state index contributed by atoms with van der Waals surface area (Å²) in [6.45, 7) is 7.29. The Bertz CT molecular complexity index is 699. The third-order valence-corrected chi connectivity index (χ3v) is 4.70. The van der Waals surface area contributed by atoms with E-state index in [0.29, 0.717) is 17.0 Å². The average molecular weight is 354 g/mol. The van der Waals surface area contributed by atoms with Crippen LogP contribution in [0.1, 0.15) is 33.3 Å². The first-order valence-corrected chi connectivity index (χ1v) is 8.44. The van der Waals surface area contributed by atoms with Gasteiger partial charge in [-0.25, -0.2) is 4.39 Å². The fourth-order valence-corrected chi connectivity index (χ4v) is 2.60. The van der Waals surface area contributed by atoms with E-state index in [4.69, 9.17) is 15.0 Å². The standard InChI is InChI=1S/C15H19FN4O3S/c1-9(19-24(21)15(2,3)4)12-5-10(16)6-13-14(12)23-11(8-22-13)7-18-20-17/h5-6,11H,7-8H2,1-4H3/t11-,24?/m1/s1. The number of hydrogen-bond acceptors (Lipinski definition) is 5. The van der Waals surface area contributed by atoms with E-state index in [9.17, 15) is 8.94 Å². The Morgan fingerprint density at radius 1 is 1.50 bits per heavy atom. The van der Waals surface area contributed by atoms with Gasteiger partial charge in [0.1, 0.15) is 34.6 Å². The van der Waals surface area contributed by atoms with Crippen LogP contribution in [0.2, 0.25) is 0 Å². The lowest BCUT2D eigenvalue weighted by Gasteiger charge is -2.27. The Labute approximate surface area is 142 Å². The van der Waals surface area contributed by atoms with Crippen molar-refractivity contribution < 1.29 is 18.4 Å². The number of ether oxygens (including phenoxy) is 2. The van der Waals surface area contributed by atoms with Gasteiger partial charge in [-0.3, -0.25) is 0 Å². The SMILES string of the molecule is CC(=N[S+]([O-])C(C)(C)C)c1cc(F)cc2c1O[C@H](CN=[N+]=[N-])CO2. The van der Waals surface area contributed by atoms with Crippen molar-refractivity contribution >= 4 is 17.1 Å². The molecule has 1 aromatic carbocycles. The summed E-state index contributed by atoms with van der Waals surface area (Å²) in [5.41, 5.74) is 9.16. The van der Waals surface area contributed by atoms with Gasteiger partial charge < -0.3 is 14.0 Å². The molecule has 130 valence electrons. The van der Waals surface area contributed by atoms with Gasteiger partial charge in [-0.05, 0) is 39.3 Å². The number of halogens is 1. The first-order valence-electron chi connectivity index (χ1n) is 7.34. The van der Waals surface area contributed by atoms with Crippen LogP contribution in [0, 0.1) is 5.82 Å². The zero-order valence-electron chi connectivity index (χ0n) is 13.9. The molecule has 0 saturated heterocycles. The van der Waals surface area contributed by atoms with Crippen LogP contribution in [-0.2, 0) is 11.4 Å². The molecule has 0 fully saturated rings. The molecule has 0 aromatic heterocycles. The zero-order valence-corrected chi connectivity index (χ0v) is 14.8. The molecule has 0 spiro atoms. The molecular weight excluding hydrogens is 335 g/mol. The van der Waals surface area contributed by atoms with Crippen molar-refractivity contribution in [1.29, 1.82) is 0 Å². The maximum Gasteiger partial charge on any atom is 0.171 e. The average Bonchev–Trinajstić information content (AvgIpc) is 2.51. The van der Waals surface area contributed by atoms with Gasteiger partial charge in [-0.2, -0.15) is 0 Å². The third-order valence-electron chi connectivity index (χ3n) is 3.21. The highest BCUT2D eigenvalue weighted by Crippen LogP contribution is 2.37. The summed E-state index contributed by atoms with van der Waals surface area (Å²) >= 11 is -1.49. The quantitative estimate of drug-likeness (QED) is 0.271. The maximum absolute atomic E-state index is 13.9. The van der Waals surface area contributed by atoms with E-state index in [2.05, 4.69) is 14.4 Å². The Morgan fingerprint density at radius 3 is 2.83 bits per heavy atom. The topological polar surface area (TPSA) is 103 Å². The smallest absolute Gasteiger partial charge is 0.171 e. The molecule has 24 heavy (non-hydrogen) atoms. The number of benzene rings is 1. The minimum atomic E-state index is -1.49. The molecule has 2 atom stereocenters. The molecule has 9 heteroatoms.